The van der Waals surface area contributed by atoms with E-state index in [0.717, 1.165) is 18.7 Å². The van der Waals surface area contributed by atoms with Crippen LogP contribution in [0.4, 0.5) is 0 Å². The Balaban J connectivity index is 1.98. The van der Waals surface area contributed by atoms with Crippen LogP contribution < -0.4 is 15.4 Å². The van der Waals surface area contributed by atoms with Gasteiger partial charge in [-0.1, -0.05) is 18.2 Å². The zero-order chi connectivity index (χ0) is 14.6. The second-order valence-electron chi connectivity index (χ2n) is 4.62. The zero-order valence-electron chi connectivity index (χ0n) is 12.2. The highest BCUT2D eigenvalue weighted by atomic mass is 16.5. The highest BCUT2D eigenvalue weighted by Crippen LogP contribution is 2.07. The van der Waals surface area contributed by atoms with E-state index in [4.69, 9.17) is 9.47 Å². The molecule has 0 saturated carbocycles. The highest BCUT2D eigenvalue weighted by molar-refractivity contribution is 5.78. The minimum absolute atomic E-state index is 0.0153. The van der Waals surface area contributed by atoms with Crippen LogP contribution in [0.1, 0.15) is 13.3 Å². The number of ether oxygens (including phenoxy) is 2. The van der Waals surface area contributed by atoms with Gasteiger partial charge < -0.3 is 20.1 Å². The van der Waals surface area contributed by atoms with Gasteiger partial charge >= 0.3 is 0 Å². The quantitative estimate of drug-likeness (QED) is 0.632. The molecule has 0 spiro atoms. The molecule has 1 rings (SSSR count). The van der Waals surface area contributed by atoms with Gasteiger partial charge in [-0.15, -0.1) is 0 Å². The molecule has 1 atom stereocenters. The zero-order valence-corrected chi connectivity index (χ0v) is 12.2. The summed E-state index contributed by atoms with van der Waals surface area (Å²) in [7, 11) is 1.62. The average molecular weight is 280 g/mol. The molecule has 2 N–H and O–H groups in total. The third-order valence-electron chi connectivity index (χ3n) is 2.62. The van der Waals surface area contributed by atoms with Crippen LogP contribution in [0.3, 0.4) is 0 Å². The molecule has 1 amide bonds. The highest BCUT2D eigenvalue weighted by Gasteiger charge is 2.05. The van der Waals surface area contributed by atoms with Crippen molar-refractivity contribution in [2.75, 3.05) is 33.4 Å². The van der Waals surface area contributed by atoms with E-state index in [1.165, 1.54) is 0 Å². The molecule has 1 aromatic rings. The fourth-order valence-electron chi connectivity index (χ4n) is 1.72. The maximum atomic E-state index is 11.5. The van der Waals surface area contributed by atoms with Crippen molar-refractivity contribution in [3.8, 4) is 5.75 Å². The van der Waals surface area contributed by atoms with Gasteiger partial charge in [-0.3, -0.25) is 4.79 Å². The third kappa shape index (κ3) is 7.76. The smallest absolute Gasteiger partial charge is 0.234 e. The molecule has 0 bridgehead atoms. The molecule has 0 radical (unpaired) electrons. The molecule has 0 fully saturated rings. The summed E-state index contributed by atoms with van der Waals surface area (Å²) in [6.07, 6.45) is 0.857. The van der Waals surface area contributed by atoms with Gasteiger partial charge in [-0.2, -0.15) is 0 Å². The average Bonchev–Trinajstić information content (AvgIpc) is 2.44. The summed E-state index contributed by atoms with van der Waals surface area (Å²) >= 11 is 0. The van der Waals surface area contributed by atoms with Gasteiger partial charge in [-0.25, -0.2) is 0 Å². The van der Waals surface area contributed by atoms with Gasteiger partial charge in [0.2, 0.25) is 5.91 Å². The number of amides is 1. The van der Waals surface area contributed by atoms with Gasteiger partial charge in [0.1, 0.15) is 5.75 Å². The summed E-state index contributed by atoms with van der Waals surface area (Å²) in [4.78, 5) is 11.5. The number of benzene rings is 1. The predicted octanol–water partition coefficient (Wildman–Crippen LogP) is 1.20. The number of methoxy groups -OCH3 is 1. The van der Waals surface area contributed by atoms with Crippen LogP contribution in [0.25, 0.3) is 0 Å². The molecule has 0 aliphatic carbocycles. The molecule has 0 heterocycles. The van der Waals surface area contributed by atoms with Crippen molar-refractivity contribution in [1.29, 1.82) is 0 Å². The predicted molar refractivity (Wildman–Crippen MR) is 78.9 cm³/mol. The van der Waals surface area contributed by atoms with E-state index in [9.17, 15) is 4.79 Å². The van der Waals surface area contributed by atoms with E-state index >= 15 is 0 Å². The normalized spacial score (nSPS) is 11.9. The van der Waals surface area contributed by atoms with E-state index in [1.807, 2.05) is 37.3 Å². The van der Waals surface area contributed by atoms with Crippen molar-refractivity contribution in [2.45, 2.75) is 19.4 Å². The molecule has 1 unspecified atom stereocenters. The summed E-state index contributed by atoms with van der Waals surface area (Å²) in [5.41, 5.74) is 0. The molecular weight excluding hydrogens is 256 g/mol. The van der Waals surface area contributed by atoms with Gasteiger partial charge in [0.25, 0.3) is 0 Å². The summed E-state index contributed by atoms with van der Waals surface area (Å²) in [6.45, 7) is 4.14. The maximum absolute atomic E-state index is 11.5. The topological polar surface area (TPSA) is 59.6 Å². The van der Waals surface area contributed by atoms with Crippen LogP contribution in [0.5, 0.6) is 5.75 Å². The summed E-state index contributed by atoms with van der Waals surface area (Å²) in [6, 6.07) is 9.74. The van der Waals surface area contributed by atoms with E-state index in [-0.39, 0.29) is 11.9 Å². The van der Waals surface area contributed by atoms with Crippen molar-refractivity contribution in [3.05, 3.63) is 30.3 Å². The Morgan fingerprint density at radius 1 is 1.30 bits per heavy atom. The van der Waals surface area contributed by atoms with Crippen LogP contribution in [0.2, 0.25) is 0 Å². The molecular formula is C15H24N2O3. The van der Waals surface area contributed by atoms with Gasteiger partial charge in [0, 0.05) is 13.2 Å². The number of para-hydroxylation sites is 1. The Morgan fingerprint density at radius 3 is 2.75 bits per heavy atom. The molecule has 5 nitrogen and oxygen atoms in total. The number of rotatable bonds is 10. The first-order valence-corrected chi connectivity index (χ1v) is 6.89. The first-order valence-electron chi connectivity index (χ1n) is 6.89. The second kappa shape index (κ2) is 10.2. The van der Waals surface area contributed by atoms with E-state index in [1.54, 1.807) is 7.11 Å². The van der Waals surface area contributed by atoms with Crippen LogP contribution in [-0.4, -0.2) is 45.4 Å². The van der Waals surface area contributed by atoms with Crippen molar-refractivity contribution in [3.63, 3.8) is 0 Å². The van der Waals surface area contributed by atoms with Crippen LogP contribution >= 0.6 is 0 Å². The summed E-state index contributed by atoms with van der Waals surface area (Å²) in [5, 5.41) is 5.93. The third-order valence-corrected chi connectivity index (χ3v) is 2.62. The van der Waals surface area contributed by atoms with Crippen LogP contribution in [0, 0.1) is 0 Å². The molecule has 5 heteroatoms. The van der Waals surface area contributed by atoms with Crippen molar-refractivity contribution in [2.24, 2.45) is 0 Å². The summed E-state index contributed by atoms with van der Waals surface area (Å²) < 4.78 is 10.5. The lowest BCUT2D eigenvalue weighted by molar-refractivity contribution is -0.121. The van der Waals surface area contributed by atoms with Crippen LogP contribution in [0.15, 0.2) is 30.3 Å². The SMILES string of the molecule is COCC(C)NC(=O)CNCCCOc1ccccc1. The van der Waals surface area contributed by atoms with Gasteiger partial charge in [-0.05, 0) is 32.0 Å². The Labute approximate surface area is 120 Å². The van der Waals surface area contributed by atoms with Crippen molar-refractivity contribution in [1.82, 2.24) is 10.6 Å². The number of hydrogen-bond acceptors (Lipinski definition) is 4. The number of carbonyl (C=O) groups excluding carboxylic acids is 1. The Morgan fingerprint density at radius 2 is 2.05 bits per heavy atom. The molecule has 112 valence electrons. The van der Waals surface area contributed by atoms with Crippen molar-refractivity contribution < 1.29 is 14.3 Å². The lowest BCUT2D eigenvalue weighted by Gasteiger charge is -2.13. The fraction of sp³-hybridized carbons (Fsp3) is 0.533. The first-order chi connectivity index (χ1) is 9.72. The monoisotopic (exact) mass is 280 g/mol. The standard InChI is InChI=1S/C15H24N2O3/c1-13(12-19-2)17-15(18)11-16-9-6-10-20-14-7-4-3-5-8-14/h3-5,7-8,13,16H,6,9-12H2,1-2H3,(H,17,18). The lowest BCUT2D eigenvalue weighted by Crippen LogP contribution is -2.41. The Kier molecular flexibility index (Phi) is 8.42. The molecule has 0 aliphatic heterocycles. The molecule has 20 heavy (non-hydrogen) atoms. The van der Waals surface area contributed by atoms with Gasteiger partial charge in [0.05, 0.1) is 19.8 Å². The molecule has 0 aliphatic rings. The van der Waals surface area contributed by atoms with Gasteiger partial charge in [0.15, 0.2) is 0 Å². The fourth-order valence-corrected chi connectivity index (χ4v) is 1.72. The number of carbonyl (C=O) groups is 1. The Bertz CT molecular complexity index is 371. The summed E-state index contributed by atoms with van der Waals surface area (Å²) in [5.74, 6) is 0.858. The molecule has 0 saturated heterocycles. The van der Waals surface area contributed by atoms with Crippen LogP contribution in [-0.2, 0) is 9.53 Å². The Hall–Kier alpha value is -1.59. The molecule has 1 aromatic carbocycles. The largest absolute Gasteiger partial charge is 0.494 e. The van der Waals surface area contributed by atoms with Crippen molar-refractivity contribution >= 4 is 5.91 Å². The van der Waals surface area contributed by atoms with E-state index < -0.39 is 0 Å². The second-order valence-corrected chi connectivity index (χ2v) is 4.62. The first kappa shape index (κ1) is 16.5. The minimum Gasteiger partial charge on any atom is -0.494 e. The lowest BCUT2D eigenvalue weighted by atomic mass is 10.3. The minimum atomic E-state index is -0.0153. The molecule has 0 aromatic heterocycles. The van der Waals surface area contributed by atoms with E-state index in [0.29, 0.717) is 19.8 Å². The maximum Gasteiger partial charge on any atom is 0.234 e. The number of nitrogens with one attached hydrogen (secondary N) is 2. The number of hydrogen-bond donors (Lipinski definition) is 2. The van der Waals surface area contributed by atoms with E-state index in [2.05, 4.69) is 10.6 Å².